The van der Waals surface area contributed by atoms with E-state index in [1.165, 1.54) is 76.6 Å². The highest BCUT2D eigenvalue weighted by molar-refractivity contribution is 5.99. The van der Waals surface area contributed by atoms with Gasteiger partial charge in [-0.05, 0) is 111 Å². The molecular formula is C49H37N3. The van der Waals surface area contributed by atoms with E-state index in [0.29, 0.717) is 29.3 Å². The molecule has 3 unspecified atom stereocenters. The van der Waals surface area contributed by atoms with E-state index in [-0.39, 0.29) is 0 Å². The Morgan fingerprint density at radius 3 is 1.54 bits per heavy atom. The summed E-state index contributed by atoms with van der Waals surface area (Å²) in [5, 5.41) is 0. The summed E-state index contributed by atoms with van der Waals surface area (Å²) in [6, 6.07) is 51.3. The van der Waals surface area contributed by atoms with E-state index < -0.39 is 5.41 Å². The molecule has 6 aliphatic carbocycles. The predicted octanol–water partition coefficient (Wildman–Crippen LogP) is 11.6. The molecule has 0 aliphatic heterocycles. The van der Waals surface area contributed by atoms with Crippen LogP contribution in [0.25, 0.3) is 56.4 Å². The van der Waals surface area contributed by atoms with Gasteiger partial charge in [0.1, 0.15) is 0 Å². The lowest BCUT2D eigenvalue weighted by atomic mass is 9.67. The van der Waals surface area contributed by atoms with Gasteiger partial charge < -0.3 is 0 Å². The third-order valence-corrected chi connectivity index (χ3v) is 13.3. The van der Waals surface area contributed by atoms with Crippen molar-refractivity contribution < 1.29 is 0 Å². The van der Waals surface area contributed by atoms with Crippen LogP contribution in [0.3, 0.4) is 0 Å². The molecule has 1 aromatic heterocycles. The van der Waals surface area contributed by atoms with Gasteiger partial charge in [-0.1, -0.05) is 140 Å². The molecule has 0 saturated heterocycles. The molecule has 6 aliphatic rings. The minimum absolute atomic E-state index is 0.413. The zero-order valence-electron chi connectivity index (χ0n) is 29.0. The Kier molecular flexibility index (Phi) is 5.95. The molecule has 13 rings (SSSR count). The Morgan fingerprint density at radius 2 is 0.885 bits per heavy atom. The van der Waals surface area contributed by atoms with Crippen molar-refractivity contribution in [3.63, 3.8) is 0 Å². The van der Waals surface area contributed by atoms with Gasteiger partial charge in [-0.25, -0.2) is 15.0 Å². The Labute approximate surface area is 304 Å². The number of fused-ring (bicyclic) bond motifs is 10. The van der Waals surface area contributed by atoms with Gasteiger partial charge in [-0.15, -0.1) is 0 Å². The van der Waals surface area contributed by atoms with Gasteiger partial charge in [-0.3, -0.25) is 0 Å². The van der Waals surface area contributed by atoms with Crippen molar-refractivity contribution in [3.8, 4) is 56.4 Å². The first-order valence-corrected chi connectivity index (χ1v) is 19.1. The lowest BCUT2D eigenvalue weighted by Crippen LogP contribution is -2.26. The summed E-state index contributed by atoms with van der Waals surface area (Å²) in [7, 11) is 0. The highest BCUT2D eigenvalue weighted by atomic mass is 15.0. The molecule has 248 valence electrons. The molecule has 0 N–H and O–H groups in total. The van der Waals surface area contributed by atoms with E-state index in [1.54, 1.807) is 11.1 Å². The van der Waals surface area contributed by atoms with Gasteiger partial charge in [-0.2, -0.15) is 0 Å². The molecule has 2 fully saturated rings. The molecule has 2 saturated carbocycles. The summed E-state index contributed by atoms with van der Waals surface area (Å²) in [4.78, 5) is 15.5. The first-order chi connectivity index (χ1) is 25.7. The van der Waals surface area contributed by atoms with Crippen LogP contribution in [-0.2, 0) is 5.41 Å². The molecule has 1 spiro atoms. The Bertz CT molecular complexity index is 2520. The lowest BCUT2D eigenvalue weighted by Gasteiger charge is -2.38. The van der Waals surface area contributed by atoms with E-state index in [1.807, 2.05) is 36.4 Å². The highest BCUT2D eigenvalue weighted by Crippen LogP contribution is 2.66. The number of aromatic nitrogens is 3. The van der Waals surface area contributed by atoms with E-state index in [2.05, 4.69) is 103 Å². The number of nitrogens with zero attached hydrogens (tertiary/aromatic N) is 3. The van der Waals surface area contributed by atoms with Crippen molar-refractivity contribution in [2.24, 2.45) is 11.8 Å². The number of hydrogen-bond acceptors (Lipinski definition) is 3. The summed E-state index contributed by atoms with van der Waals surface area (Å²) < 4.78 is 0. The first-order valence-electron chi connectivity index (χ1n) is 19.1. The average molecular weight is 668 g/mol. The second-order valence-electron chi connectivity index (χ2n) is 15.9. The molecule has 4 bridgehead atoms. The van der Waals surface area contributed by atoms with E-state index in [0.717, 1.165) is 28.5 Å². The zero-order chi connectivity index (χ0) is 34.0. The summed E-state index contributed by atoms with van der Waals surface area (Å²) >= 11 is 0. The highest BCUT2D eigenvalue weighted by Gasteiger charge is 2.53. The molecule has 0 radical (unpaired) electrons. The fourth-order valence-corrected chi connectivity index (χ4v) is 11.4. The maximum absolute atomic E-state index is 5.25. The van der Waals surface area contributed by atoms with Crippen molar-refractivity contribution in [2.45, 2.75) is 49.4 Å². The molecule has 3 nitrogen and oxygen atoms in total. The number of hydrogen-bond donors (Lipinski definition) is 0. The zero-order valence-corrected chi connectivity index (χ0v) is 29.0. The van der Waals surface area contributed by atoms with Gasteiger partial charge in [0.25, 0.3) is 0 Å². The SMILES string of the molecule is c1ccc(-c2nc(-c3ccccc3)nc(-c3cccc4c3-c3ccccc3C43c4ccccc4-c4cc5c(cc43)C3CC4CC(CC5C4)C3)n2)cc1. The molecule has 6 aromatic carbocycles. The van der Waals surface area contributed by atoms with Crippen molar-refractivity contribution in [1.82, 2.24) is 15.0 Å². The summed E-state index contributed by atoms with van der Waals surface area (Å²) in [6.45, 7) is 0. The van der Waals surface area contributed by atoms with Crippen LogP contribution in [0.15, 0.2) is 140 Å². The minimum atomic E-state index is -0.413. The van der Waals surface area contributed by atoms with Crippen LogP contribution >= 0.6 is 0 Å². The second kappa shape index (κ2) is 10.7. The maximum Gasteiger partial charge on any atom is 0.164 e. The van der Waals surface area contributed by atoms with Crippen LogP contribution in [0.2, 0.25) is 0 Å². The monoisotopic (exact) mass is 667 g/mol. The molecule has 0 amide bonds. The minimum Gasteiger partial charge on any atom is -0.208 e. The van der Waals surface area contributed by atoms with Gasteiger partial charge in [0, 0.05) is 16.7 Å². The van der Waals surface area contributed by atoms with Crippen molar-refractivity contribution in [3.05, 3.63) is 173 Å². The van der Waals surface area contributed by atoms with Crippen LogP contribution in [0.5, 0.6) is 0 Å². The molecular weight excluding hydrogens is 631 g/mol. The van der Waals surface area contributed by atoms with E-state index in [4.69, 9.17) is 15.0 Å². The summed E-state index contributed by atoms with van der Waals surface area (Å²) in [6.07, 6.45) is 6.93. The van der Waals surface area contributed by atoms with Gasteiger partial charge >= 0.3 is 0 Å². The van der Waals surface area contributed by atoms with Gasteiger partial charge in [0.05, 0.1) is 5.41 Å². The van der Waals surface area contributed by atoms with Gasteiger partial charge in [0.15, 0.2) is 17.5 Å². The van der Waals surface area contributed by atoms with Gasteiger partial charge in [0.2, 0.25) is 0 Å². The molecule has 52 heavy (non-hydrogen) atoms. The van der Waals surface area contributed by atoms with E-state index in [9.17, 15) is 0 Å². The standard InChI is InChI=1S/C49H37N3/c1-3-12-31(13-4-1)46-50-47(32-14-5-2-6-15-32)52-48(51-46)37-18-11-21-43-45(37)36-17-8-10-20-42(36)49(43)41-19-9-7-16-35(41)40-27-38-33-23-29-22-30(24-33)26-34(25-29)39(38)28-44(40)49/h1-21,27-30,33-34H,22-26H2. The Balaban J connectivity index is 1.14. The third kappa shape index (κ3) is 3.89. The van der Waals surface area contributed by atoms with Crippen LogP contribution in [0.1, 0.15) is 77.3 Å². The maximum atomic E-state index is 5.25. The third-order valence-electron chi connectivity index (χ3n) is 13.3. The van der Waals surface area contributed by atoms with Crippen LogP contribution in [0, 0.1) is 11.8 Å². The first kappa shape index (κ1) is 29.0. The molecule has 3 atom stereocenters. The fourth-order valence-electron chi connectivity index (χ4n) is 11.4. The summed E-state index contributed by atoms with van der Waals surface area (Å²) in [5.74, 6) is 5.25. The second-order valence-corrected chi connectivity index (χ2v) is 15.9. The average Bonchev–Trinajstić information content (AvgIpc) is 3.60. The Morgan fingerprint density at radius 1 is 0.385 bits per heavy atom. The van der Waals surface area contributed by atoms with Crippen LogP contribution < -0.4 is 0 Å². The normalized spacial score (nSPS) is 23.8. The number of benzene rings is 6. The molecule has 1 heterocycles. The van der Waals surface area contributed by atoms with Crippen molar-refractivity contribution in [1.29, 1.82) is 0 Å². The Hall–Kier alpha value is -5.67. The number of rotatable bonds is 3. The lowest BCUT2D eigenvalue weighted by molar-refractivity contribution is 0.166. The molecule has 3 heteroatoms. The smallest absolute Gasteiger partial charge is 0.164 e. The quantitative estimate of drug-likeness (QED) is 0.188. The predicted molar refractivity (Wildman–Crippen MR) is 208 cm³/mol. The van der Waals surface area contributed by atoms with Crippen molar-refractivity contribution in [2.75, 3.05) is 0 Å². The van der Waals surface area contributed by atoms with Crippen LogP contribution in [-0.4, -0.2) is 15.0 Å². The molecule has 7 aromatic rings. The largest absolute Gasteiger partial charge is 0.208 e. The van der Waals surface area contributed by atoms with Crippen LogP contribution in [0.4, 0.5) is 0 Å². The van der Waals surface area contributed by atoms with Crippen molar-refractivity contribution >= 4 is 0 Å². The van der Waals surface area contributed by atoms with E-state index >= 15 is 0 Å². The summed E-state index contributed by atoms with van der Waals surface area (Å²) in [5.41, 5.74) is 16.8. The topological polar surface area (TPSA) is 38.7 Å². The fraction of sp³-hybridized carbons (Fsp3) is 0.204.